The van der Waals surface area contributed by atoms with Gasteiger partial charge in [-0.05, 0) is 13.0 Å². The molecule has 1 aliphatic carbocycles. The van der Waals surface area contributed by atoms with E-state index in [0.717, 1.165) is 0 Å². The number of hydrogen-bond donors (Lipinski definition) is 1. The van der Waals surface area contributed by atoms with Crippen molar-refractivity contribution in [1.82, 2.24) is 5.32 Å². The van der Waals surface area contributed by atoms with Crippen molar-refractivity contribution >= 4 is 0 Å². The van der Waals surface area contributed by atoms with E-state index in [9.17, 15) is 13.9 Å². The van der Waals surface area contributed by atoms with Crippen LogP contribution in [0.3, 0.4) is 0 Å². The summed E-state index contributed by atoms with van der Waals surface area (Å²) in [6.45, 7) is 0.445. The summed E-state index contributed by atoms with van der Waals surface area (Å²) in [5.41, 5.74) is 0. The van der Waals surface area contributed by atoms with Crippen LogP contribution in [0.5, 0.6) is 0 Å². The Morgan fingerprint density at radius 3 is 2.55 bits per heavy atom. The molecule has 11 heavy (non-hydrogen) atoms. The molecular formula is C7H12F2NO. The Morgan fingerprint density at radius 1 is 1.45 bits per heavy atom. The summed E-state index contributed by atoms with van der Waals surface area (Å²) in [4.78, 5) is 0. The van der Waals surface area contributed by atoms with Crippen LogP contribution < -0.4 is 5.32 Å². The molecule has 2 nitrogen and oxygen atoms in total. The van der Waals surface area contributed by atoms with E-state index in [2.05, 4.69) is 5.32 Å². The van der Waals surface area contributed by atoms with Gasteiger partial charge < -0.3 is 5.32 Å². The van der Waals surface area contributed by atoms with Crippen LogP contribution in [-0.2, 0) is 5.11 Å². The number of hydrogen-bond acceptors (Lipinski definition) is 1. The molecule has 4 heteroatoms. The predicted molar refractivity (Wildman–Crippen MR) is 36.1 cm³/mol. The van der Waals surface area contributed by atoms with Gasteiger partial charge in [-0.25, -0.2) is 13.9 Å². The Morgan fingerprint density at radius 2 is 2.09 bits per heavy atom. The lowest BCUT2D eigenvalue weighted by Crippen LogP contribution is -2.48. The molecule has 0 aliphatic heterocycles. The van der Waals surface area contributed by atoms with Crippen LogP contribution in [0, 0.1) is 0 Å². The Hall–Kier alpha value is -0.220. The number of rotatable bonds is 4. The van der Waals surface area contributed by atoms with E-state index in [-0.39, 0.29) is 25.5 Å². The van der Waals surface area contributed by atoms with Crippen molar-refractivity contribution in [3.05, 3.63) is 0 Å². The molecule has 0 atom stereocenters. The second-order valence-corrected chi connectivity index (χ2v) is 2.97. The quantitative estimate of drug-likeness (QED) is 0.622. The van der Waals surface area contributed by atoms with E-state index in [4.69, 9.17) is 0 Å². The van der Waals surface area contributed by atoms with E-state index in [1.54, 1.807) is 0 Å². The molecule has 0 heterocycles. The fourth-order valence-corrected chi connectivity index (χ4v) is 1.18. The van der Waals surface area contributed by atoms with Gasteiger partial charge in [0.2, 0.25) is 0 Å². The van der Waals surface area contributed by atoms with Crippen LogP contribution in [0.1, 0.15) is 19.3 Å². The zero-order chi connectivity index (χ0) is 8.32. The molecule has 1 aliphatic rings. The Bertz CT molecular complexity index is 122. The maximum Gasteiger partial charge on any atom is 0.251 e. The zero-order valence-corrected chi connectivity index (χ0v) is 6.28. The average molecular weight is 164 g/mol. The average Bonchev–Trinajstić information content (AvgIpc) is 1.84. The summed E-state index contributed by atoms with van der Waals surface area (Å²) in [6, 6.07) is -0.0588. The van der Waals surface area contributed by atoms with Gasteiger partial charge in [0.25, 0.3) is 5.92 Å². The fraction of sp³-hybridized carbons (Fsp3) is 1.00. The van der Waals surface area contributed by atoms with Crippen LogP contribution >= 0.6 is 0 Å². The molecule has 1 radical (unpaired) electrons. The molecule has 1 fully saturated rings. The Kier molecular flexibility index (Phi) is 2.78. The molecule has 1 saturated carbocycles. The smallest absolute Gasteiger partial charge is 0.251 e. The summed E-state index contributed by atoms with van der Waals surface area (Å²) in [5, 5.41) is 12.9. The molecule has 0 amide bonds. The normalized spacial score (nSPS) is 23.2. The molecule has 0 aromatic carbocycles. The van der Waals surface area contributed by atoms with Crippen LogP contribution in [0.25, 0.3) is 0 Å². The number of nitrogens with one attached hydrogen (secondary N) is 1. The summed E-state index contributed by atoms with van der Waals surface area (Å²) in [5.74, 6) is -2.45. The molecule has 1 rings (SSSR count). The maximum absolute atomic E-state index is 12.2. The largest absolute Gasteiger partial charge is 0.313 e. The molecule has 0 aromatic heterocycles. The van der Waals surface area contributed by atoms with Gasteiger partial charge in [0.05, 0.1) is 6.61 Å². The first-order chi connectivity index (χ1) is 5.14. The standard InChI is InChI=1S/C7H12F2NO/c8-7(9)4-6(5-7)10-2-1-3-11/h6,10H,1-5H2. The number of alkyl halides is 2. The molecular weight excluding hydrogens is 152 g/mol. The first kappa shape index (κ1) is 8.87. The third-order valence-corrected chi connectivity index (χ3v) is 1.84. The van der Waals surface area contributed by atoms with Gasteiger partial charge in [0.1, 0.15) is 0 Å². The van der Waals surface area contributed by atoms with E-state index in [1.165, 1.54) is 0 Å². The van der Waals surface area contributed by atoms with Gasteiger partial charge in [-0.1, -0.05) is 0 Å². The molecule has 1 N–H and O–H groups in total. The van der Waals surface area contributed by atoms with Crippen LogP contribution in [0.4, 0.5) is 8.78 Å². The second kappa shape index (κ2) is 3.45. The van der Waals surface area contributed by atoms with Gasteiger partial charge >= 0.3 is 0 Å². The minimum atomic E-state index is -2.45. The minimum absolute atomic E-state index is 0.0588. The lowest BCUT2D eigenvalue weighted by molar-refractivity contribution is -0.0926. The summed E-state index contributed by atoms with van der Waals surface area (Å²) >= 11 is 0. The van der Waals surface area contributed by atoms with E-state index >= 15 is 0 Å². The molecule has 0 bridgehead atoms. The highest BCUT2D eigenvalue weighted by molar-refractivity contribution is 4.90. The van der Waals surface area contributed by atoms with E-state index in [1.807, 2.05) is 0 Å². The van der Waals surface area contributed by atoms with Crippen LogP contribution in [0.2, 0.25) is 0 Å². The summed E-state index contributed by atoms with van der Waals surface area (Å²) < 4.78 is 24.4. The first-order valence-electron chi connectivity index (χ1n) is 3.83. The van der Waals surface area contributed by atoms with Gasteiger partial charge in [-0.15, -0.1) is 0 Å². The van der Waals surface area contributed by atoms with Gasteiger partial charge in [0, 0.05) is 18.9 Å². The van der Waals surface area contributed by atoms with Gasteiger partial charge in [-0.2, -0.15) is 0 Å². The molecule has 0 unspecified atom stereocenters. The predicted octanol–water partition coefficient (Wildman–Crippen LogP) is 1.19. The van der Waals surface area contributed by atoms with Crippen molar-refractivity contribution < 1.29 is 13.9 Å². The SMILES string of the molecule is [O]CCCNC1CC(F)(F)C1. The van der Waals surface area contributed by atoms with E-state index in [0.29, 0.717) is 13.0 Å². The lowest BCUT2D eigenvalue weighted by Gasteiger charge is -2.35. The van der Waals surface area contributed by atoms with Crippen molar-refractivity contribution in [1.29, 1.82) is 0 Å². The van der Waals surface area contributed by atoms with Crippen molar-refractivity contribution in [2.75, 3.05) is 13.2 Å². The topological polar surface area (TPSA) is 31.9 Å². The van der Waals surface area contributed by atoms with Gasteiger partial charge in [-0.3, -0.25) is 0 Å². The lowest BCUT2D eigenvalue weighted by atomic mass is 9.88. The summed E-state index contributed by atoms with van der Waals surface area (Å²) in [6.07, 6.45) is 0.403. The molecule has 65 valence electrons. The molecule has 0 saturated heterocycles. The Balaban J connectivity index is 1.96. The van der Waals surface area contributed by atoms with Crippen LogP contribution in [0.15, 0.2) is 0 Å². The van der Waals surface area contributed by atoms with Gasteiger partial charge in [0.15, 0.2) is 0 Å². The number of halogens is 2. The highest BCUT2D eigenvalue weighted by Crippen LogP contribution is 2.37. The third-order valence-electron chi connectivity index (χ3n) is 1.84. The minimum Gasteiger partial charge on any atom is -0.313 e. The zero-order valence-electron chi connectivity index (χ0n) is 6.28. The second-order valence-electron chi connectivity index (χ2n) is 2.97. The van der Waals surface area contributed by atoms with Crippen molar-refractivity contribution in [2.24, 2.45) is 0 Å². The third kappa shape index (κ3) is 2.71. The monoisotopic (exact) mass is 164 g/mol. The highest BCUT2D eigenvalue weighted by Gasteiger charge is 2.44. The van der Waals surface area contributed by atoms with Crippen molar-refractivity contribution in [3.63, 3.8) is 0 Å². The maximum atomic E-state index is 12.2. The first-order valence-corrected chi connectivity index (χ1v) is 3.83. The summed E-state index contributed by atoms with van der Waals surface area (Å²) in [7, 11) is 0. The van der Waals surface area contributed by atoms with Crippen molar-refractivity contribution in [3.8, 4) is 0 Å². The fourth-order valence-electron chi connectivity index (χ4n) is 1.18. The molecule has 0 spiro atoms. The van der Waals surface area contributed by atoms with E-state index < -0.39 is 5.92 Å². The Labute approximate surface area is 64.6 Å². The van der Waals surface area contributed by atoms with Crippen LogP contribution in [-0.4, -0.2) is 25.1 Å². The highest BCUT2D eigenvalue weighted by atomic mass is 19.3. The van der Waals surface area contributed by atoms with Crippen molar-refractivity contribution in [2.45, 2.75) is 31.2 Å². The molecule has 0 aromatic rings.